The van der Waals surface area contributed by atoms with Crippen LogP contribution in [0, 0.1) is 0 Å². The number of rotatable bonds is 4. The van der Waals surface area contributed by atoms with Crippen LogP contribution < -0.4 is 5.32 Å². The number of alkyl halides is 3. The Morgan fingerprint density at radius 1 is 1.14 bits per heavy atom. The van der Waals surface area contributed by atoms with Crippen molar-refractivity contribution in [2.24, 2.45) is 0 Å². The number of hydrogen-bond acceptors (Lipinski definition) is 2. The molecule has 0 unspecified atom stereocenters. The van der Waals surface area contributed by atoms with Gasteiger partial charge in [-0.3, -0.25) is 0 Å². The van der Waals surface area contributed by atoms with Gasteiger partial charge in [0.25, 0.3) is 0 Å². The molecule has 21 heavy (non-hydrogen) atoms. The van der Waals surface area contributed by atoms with Crippen molar-refractivity contribution in [2.75, 3.05) is 0 Å². The maximum Gasteiger partial charge on any atom is 0.416 e. The molecule has 0 saturated heterocycles. The highest BCUT2D eigenvalue weighted by Crippen LogP contribution is 2.32. The van der Waals surface area contributed by atoms with Crippen LogP contribution in [0.1, 0.15) is 24.2 Å². The van der Waals surface area contributed by atoms with Crippen molar-refractivity contribution in [3.05, 3.63) is 47.7 Å². The largest absolute Gasteiger partial charge is 0.460 e. The molecular formula is C15H15ClF3NO. The minimum Gasteiger partial charge on any atom is -0.460 e. The molecule has 0 atom stereocenters. The third-order valence-electron chi connectivity index (χ3n) is 3.28. The van der Waals surface area contributed by atoms with Crippen LogP contribution in [0.3, 0.4) is 0 Å². The maximum absolute atomic E-state index is 12.7. The number of hydrogen-bond donors (Lipinski definition) is 1. The van der Waals surface area contributed by atoms with E-state index in [9.17, 15) is 13.2 Å². The van der Waals surface area contributed by atoms with Crippen LogP contribution >= 0.6 is 12.4 Å². The van der Waals surface area contributed by atoms with Crippen molar-refractivity contribution >= 4 is 12.4 Å². The highest BCUT2D eigenvalue weighted by atomic mass is 35.5. The van der Waals surface area contributed by atoms with Crippen molar-refractivity contribution < 1.29 is 17.6 Å². The Labute approximate surface area is 126 Å². The van der Waals surface area contributed by atoms with E-state index < -0.39 is 11.7 Å². The fourth-order valence-corrected chi connectivity index (χ4v) is 2.01. The van der Waals surface area contributed by atoms with Gasteiger partial charge in [-0.15, -0.1) is 12.4 Å². The van der Waals surface area contributed by atoms with Crippen LogP contribution in [0.4, 0.5) is 13.2 Å². The van der Waals surface area contributed by atoms with Crippen LogP contribution in [-0.2, 0) is 12.7 Å². The summed E-state index contributed by atoms with van der Waals surface area (Å²) >= 11 is 0. The number of furan rings is 1. The lowest BCUT2D eigenvalue weighted by atomic mass is 10.1. The fraction of sp³-hybridized carbons (Fsp3) is 0.333. The SMILES string of the molecule is Cl.FC(F)(F)c1cccc(-c2ccc(CNC3CC3)o2)c1. The minimum absolute atomic E-state index is 0. The summed E-state index contributed by atoms with van der Waals surface area (Å²) in [6, 6.07) is 9.25. The van der Waals surface area contributed by atoms with E-state index in [-0.39, 0.29) is 12.4 Å². The smallest absolute Gasteiger partial charge is 0.416 e. The number of nitrogens with one attached hydrogen (secondary N) is 1. The first-order chi connectivity index (χ1) is 9.52. The summed E-state index contributed by atoms with van der Waals surface area (Å²) in [7, 11) is 0. The maximum atomic E-state index is 12.7. The molecule has 1 aromatic carbocycles. The molecule has 0 aliphatic heterocycles. The van der Waals surface area contributed by atoms with Gasteiger partial charge in [-0.1, -0.05) is 12.1 Å². The summed E-state index contributed by atoms with van der Waals surface area (Å²) in [5, 5.41) is 3.30. The van der Waals surface area contributed by atoms with Gasteiger partial charge in [0.15, 0.2) is 0 Å². The molecule has 1 aliphatic rings. The molecule has 0 bridgehead atoms. The molecule has 2 nitrogen and oxygen atoms in total. The molecule has 1 fully saturated rings. The van der Waals surface area contributed by atoms with Crippen molar-refractivity contribution in [1.82, 2.24) is 5.32 Å². The zero-order chi connectivity index (χ0) is 14.2. The van der Waals surface area contributed by atoms with Crippen molar-refractivity contribution in [2.45, 2.75) is 31.6 Å². The van der Waals surface area contributed by atoms with Crippen LogP contribution in [-0.4, -0.2) is 6.04 Å². The van der Waals surface area contributed by atoms with Crippen molar-refractivity contribution in [1.29, 1.82) is 0 Å². The Morgan fingerprint density at radius 3 is 2.57 bits per heavy atom. The molecule has 2 aromatic rings. The van der Waals surface area contributed by atoms with Gasteiger partial charge in [-0.05, 0) is 37.1 Å². The predicted molar refractivity (Wildman–Crippen MR) is 76.3 cm³/mol. The third kappa shape index (κ3) is 4.02. The average Bonchev–Trinajstić information content (AvgIpc) is 3.12. The van der Waals surface area contributed by atoms with Crippen LogP contribution in [0.5, 0.6) is 0 Å². The zero-order valence-electron chi connectivity index (χ0n) is 11.1. The first kappa shape index (κ1) is 15.9. The van der Waals surface area contributed by atoms with Gasteiger partial charge in [-0.2, -0.15) is 13.2 Å². The molecular weight excluding hydrogens is 303 g/mol. The topological polar surface area (TPSA) is 25.2 Å². The highest BCUT2D eigenvalue weighted by molar-refractivity contribution is 5.85. The number of benzene rings is 1. The summed E-state index contributed by atoms with van der Waals surface area (Å²) < 4.78 is 43.6. The van der Waals surface area contributed by atoms with Gasteiger partial charge in [0.1, 0.15) is 11.5 Å². The normalized spacial score (nSPS) is 14.8. The van der Waals surface area contributed by atoms with Gasteiger partial charge in [-0.25, -0.2) is 0 Å². The minimum atomic E-state index is -4.33. The van der Waals surface area contributed by atoms with Gasteiger partial charge in [0, 0.05) is 11.6 Å². The first-order valence-corrected chi connectivity index (χ1v) is 6.52. The Bertz CT molecular complexity index is 605. The molecule has 114 valence electrons. The van der Waals surface area contributed by atoms with Crippen molar-refractivity contribution in [3.8, 4) is 11.3 Å². The third-order valence-corrected chi connectivity index (χ3v) is 3.28. The van der Waals surface area contributed by atoms with E-state index in [0.29, 0.717) is 23.9 Å². The van der Waals surface area contributed by atoms with Crippen molar-refractivity contribution in [3.63, 3.8) is 0 Å². The molecule has 1 N–H and O–H groups in total. The summed E-state index contributed by atoms with van der Waals surface area (Å²) in [5.74, 6) is 1.20. The molecule has 1 aromatic heterocycles. The summed E-state index contributed by atoms with van der Waals surface area (Å²) in [6.07, 6.45) is -1.97. The average molecular weight is 318 g/mol. The second-order valence-electron chi connectivity index (χ2n) is 5.00. The van der Waals surface area contributed by atoms with Gasteiger partial charge in [0.05, 0.1) is 12.1 Å². The molecule has 1 saturated carbocycles. The molecule has 0 amide bonds. The lowest BCUT2D eigenvalue weighted by molar-refractivity contribution is -0.137. The van der Waals surface area contributed by atoms with E-state index in [0.717, 1.165) is 17.9 Å². The molecule has 0 spiro atoms. The lowest BCUT2D eigenvalue weighted by Gasteiger charge is -2.07. The van der Waals surface area contributed by atoms with E-state index in [2.05, 4.69) is 5.32 Å². The van der Waals surface area contributed by atoms with E-state index >= 15 is 0 Å². The van der Waals surface area contributed by atoms with E-state index in [1.54, 1.807) is 18.2 Å². The monoisotopic (exact) mass is 317 g/mol. The Hall–Kier alpha value is -1.46. The van der Waals surface area contributed by atoms with E-state index in [1.165, 1.54) is 18.9 Å². The first-order valence-electron chi connectivity index (χ1n) is 6.52. The molecule has 3 rings (SSSR count). The Balaban J connectivity index is 0.00000161. The second-order valence-corrected chi connectivity index (χ2v) is 5.00. The summed E-state index contributed by atoms with van der Waals surface area (Å²) in [4.78, 5) is 0. The molecule has 0 radical (unpaired) electrons. The Kier molecular flexibility index (Phi) is 4.64. The quantitative estimate of drug-likeness (QED) is 0.888. The fourth-order valence-electron chi connectivity index (χ4n) is 2.01. The summed E-state index contributed by atoms with van der Waals surface area (Å²) in [5.41, 5.74) is -0.221. The van der Waals surface area contributed by atoms with Crippen LogP contribution in [0.15, 0.2) is 40.8 Å². The zero-order valence-corrected chi connectivity index (χ0v) is 11.9. The lowest BCUT2D eigenvalue weighted by Crippen LogP contribution is -2.14. The van der Waals surface area contributed by atoms with Crippen LogP contribution in [0.2, 0.25) is 0 Å². The van der Waals surface area contributed by atoms with E-state index in [4.69, 9.17) is 4.42 Å². The van der Waals surface area contributed by atoms with Crippen LogP contribution in [0.25, 0.3) is 11.3 Å². The Morgan fingerprint density at radius 2 is 1.90 bits per heavy atom. The molecule has 6 heteroatoms. The van der Waals surface area contributed by atoms with Gasteiger partial charge < -0.3 is 9.73 Å². The number of halogens is 4. The summed E-state index contributed by atoms with van der Waals surface area (Å²) in [6.45, 7) is 0.615. The second kappa shape index (κ2) is 6.12. The molecule has 1 heterocycles. The van der Waals surface area contributed by atoms with Gasteiger partial charge >= 0.3 is 6.18 Å². The van der Waals surface area contributed by atoms with E-state index in [1.807, 2.05) is 0 Å². The highest BCUT2D eigenvalue weighted by Gasteiger charge is 2.30. The molecule has 1 aliphatic carbocycles. The standard InChI is InChI=1S/C15H14F3NO.ClH/c16-15(17,18)11-3-1-2-10(8-11)14-7-6-13(20-14)9-19-12-4-5-12;/h1-3,6-8,12,19H,4-5,9H2;1H. The van der Waals surface area contributed by atoms with Gasteiger partial charge in [0.2, 0.25) is 0 Å². The predicted octanol–water partition coefficient (Wildman–Crippen LogP) is 4.64.